The summed E-state index contributed by atoms with van der Waals surface area (Å²) >= 11 is 0. The molecule has 0 saturated carbocycles. The molecule has 6 nitrogen and oxygen atoms in total. The van der Waals surface area contributed by atoms with E-state index in [1.54, 1.807) is 13.3 Å². The number of aromatic amines is 1. The summed E-state index contributed by atoms with van der Waals surface area (Å²) in [5, 5.41) is 2.90. The lowest BCUT2D eigenvalue weighted by atomic mass is 9.84. The lowest BCUT2D eigenvalue weighted by Crippen LogP contribution is -2.35. The summed E-state index contributed by atoms with van der Waals surface area (Å²) in [5.41, 5.74) is 9.92. The van der Waals surface area contributed by atoms with Crippen molar-refractivity contribution in [3.63, 3.8) is 0 Å². The maximum absolute atomic E-state index is 12.1. The van der Waals surface area contributed by atoms with Crippen LogP contribution in [0.4, 0.5) is 0 Å². The molecule has 0 radical (unpaired) electrons. The first-order valence-corrected chi connectivity index (χ1v) is 13.4. The number of hydrogen-bond acceptors (Lipinski definition) is 4. The van der Waals surface area contributed by atoms with Crippen molar-refractivity contribution < 1.29 is 9.59 Å². The smallest absolute Gasteiger partial charge is 0.224 e. The minimum absolute atomic E-state index is 0.00714. The zero-order valence-corrected chi connectivity index (χ0v) is 23.3. The molecule has 2 aromatic carbocycles. The molecule has 0 unspecified atom stereocenters. The number of nitrogens with zero attached hydrogens (tertiary/aromatic N) is 1. The first-order valence-electron chi connectivity index (χ1n) is 13.4. The van der Waals surface area contributed by atoms with Gasteiger partial charge in [0.05, 0.1) is 18.9 Å². The fourth-order valence-corrected chi connectivity index (χ4v) is 4.23. The Morgan fingerprint density at radius 2 is 1.61 bits per heavy atom. The van der Waals surface area contributed by atoms with Gasteiger partial charge in [0.25, 0.3) is 0 Å². The molecular weight excluding hydrogens is 472 g/mol. The number of rotatable bonds is 10. The van der Waals surface area contributed by atoms with Gasteiger partial charge in [-0.3, -0.25) is 9.59 Å². The number of benzene rings is 2. The van der Waals surface area contributed by atoms with Gasteiger partial charge in [-0.2, -0.15) is 0 Å². The van der Waals surface area contributed by atoms with Gasteiger partial charge in [-0.15, -0.1) is 0 Å². The summed E-state index contributed by atoms with van der Waals surface area (Å²) < 4.78 is 0. The first kappa shape index (κ1) is 30.5. The molecule has 1 amide bonds. The van der Waals surface area contributed by atoms with Crippen molar-refractivity contribution in [2.45, 2.75) is 65.8 Å². The van der Waals surface area contributed by atoms with Gasteiger partial charge in [-0.25, -0.2) is 4.98 Å². The van der Waals surface area contributed by atoms with Crippen LogP contribution in [0.3, 0.4) is 0 Å². The second kappa shape index (κ2) is 16.2. The van der Waals surface area contributed by atoms with Crippen molar-refractivity contribution in [1.29, 1.82) is 0 Å². The first-order chi connectivity index (χ1) is 18.3. The second-order valence-electron chi connectivity index (χ2n) is 9.82. The van der Waals surface area contributed by atoms with E-state index in [1.807, 2.05) is 67.6 Å². The molecule has 0 spiro atoms. The summed E-state index contributed by atoms with van der Waals surface area (Å²) in [4.78, 5) is 30.8. The molecule has 0 aliphatic carbocycles. The molecule has 0 fully saturated rings. The van der Waals surface area contributed by atoms with Gasteiger partial charge in [0.15, 0.2) is 0 Å². The van der Waals surface area contributed by atoms with Crippen molar-refractivity contribution in [2.24, 2.45) is 17.6 Å². The minimum atomic E-state index is -0.505. The Labute approximate surface area is 227 Å². The summed E-state index contributed by atoms with van der Waals surface area (Å²) in [6, 6.07) is 19.4. The monoisotopic (exact) mass is 514 g/mol. The number of unbranched alkanes of at least 4 members (excludes halogenated alkanes) is 1. The molecule has 4 N–H and O–H groups in total. The summed E-state index contributed by atoms with van der Waals surface area (Å²) in [6.45, 7) is 10.2. The topological polar surface area (TPSA) is 101 Å². The molecule has 6 heteroatoms. The van der Waals surface area contributed by atoms with Crippen molar-refractivity contribution in [3.05, 3.63) is 89.5 Å². The number of hydrogen-bond donors (Lipinski definition) is 3. The van der Waals surface area contributed by atoms with Gasteiger partial charge in [-0.1, -0.05) is 100 Å². The number of H-pyrrole nitrogens is 1. The van der Waals surface area contributed by atoms with Crippen LogP contribution >= 0.6 is 0 Å². The number of carbonyl (C=O) groups is 2. The van der Waals surface area contributed by atoms with E-state index in [-0.39, 0.29) is 23.5 Å². The van der Waals surface area contributed by atoms with Crippen LogP contribution in [-0.2, 0) is 9.59 Å². The van der Waals surface area contributed by atoms with Crippen LogP contribution in [-0.4, -0.2) is 34.2 Å². The molecule has 0 aliphatic rings. The third-order valence-corrected chi connectivity index (χ3v) is 6.54. The van der Waals surface area contributed by atoms with Crippen molar-refractivity contribution in [2.75, 3.05) is 6.54 Å². The molecule has 2 atom stereocenters. The standard InChI is InChI=1S/C16H25N3O.C16H17NO/c1-5-6-8-14(12(2)3)16(20)17-10-7-9-15-13(4)18-11-19-15;1-12(18)16(17)15(13-8-4-2-5-9-13)14-10-6-3-7-11-14/h11-12,14H,5-6,8,10H2,1-4H3,(H,17,20)(H,18,19);2-11,15-16H,17H2,1H3/t14-;16-/m10/s1. The highest BCUT2D eigenvalue weighted by Gasteiger charge is 2.24. The summed E-state index contributed by atoms with van der Waals surface area (Å²) in [5.74, 6) is 6.39. The number of amides is 1. The highest BCUT2D eigenvalue weighted by atomic mass is 16.2. The third-order valence-electron chi connectivity index (χ3n) is 6.54. The lowest BCUT2D eigenvalue weighted by molar-refractivity contribution is -0.126. The van der Waals surface area contributed by atoms with E-state index < -0.39 is 6.04 Å². The van der Waals surface area contributed by atoms with Gasteiger partial charge in [0.1, 0.15) is 11.5 Å². The fourth-order valence-electron chi connectivity index (χ4n) is 4.23. The predicted molar refractivity (Wildman–Crippen MR) is 154 cm³/mol. The van der Waals surface area contributed by atoms with Crippen LogP contribution < -0.4 is 11.1 Å². The van der Waals surface area contributed by atoms with E-state index in [2.05, 4.69) is 47.9 Å². The maximum Gasteiger partial charge on any atom is 0.224 e. The number of nitrogens with two attached hydrogens (primary N) is 1. The molecule has 1 heterocycles. The van der Waals surface area contributed by atoms with Gasteiger partial charge in [0, 0.05) is 17.5 Å². The Kier molecular flexibility index (Phi) is 13.0. The van der Waals surface area contributed by atoms with Crippen molar-refractivity contribution in [1.82, 2.24) is 15.3 Å². The molecule has 1 aromatic heterocycles. The molecule has 3 rings (SSSR count). The van der Waals surface area contributed by atoms with E-state index in [9.17, 15) is 9.59 Å². The Hall–Kier alpha value is -3.69. The number of aromatic nitrogens is 2. The molecule has 0 saturated heterocycles. The zero-order valence-electron chi connectivity index (χ0n) is 23.3. The lowest BCUT2D eigenvalue weighted by Gasteiger charge is -2.23. The zero-order chi connectivity index (χ0) is 27.9. The van der Waals surface area contributed by atoms with Crippen LogP contribution in [0.25, 0.3) is 0 Å². The normalized spacial score (nSPS) is 12.1. The third kappa shape index (κ3) is 9.64. The number of aryl methyl sites for hydroxylation is 1. The van der Waals surface area contributed by atoms with Crippen LogP contribution in [0.5, 0.6) is 0 Å². The highest BCUT2D eigenvalue weighted by molar-refractivity contribution is 5.83. The molecule has 0 aliphatic heterocycles. The van der Waals surface area contributed by atoms with Crippen molar-refractivity contribution >= 4 is 11.7 Å². The van der Waals surface area contributed by atoms with Gasteiger partial charge in [0.2, 0.25) is 5.91 Å². The van der Waals surface area contributed by atoms with Crippen molar-refractivity contribution in [3.8, 4) is 11.8 Å². The van der Waals surface area contributed by atoms with E-state index in [0.717, 1.165) is 41.8 Å². The Morgan fingerprint density at radius 1 is 1.03 bits per heavy atom. The molecule has 3 aromatic rings. The molecule has 202 valence electrons. The Balaban J connectivity index is 0.000000268. The largest absolute Gasteiger partial charge is 0.348 e. The van der Waals surface area contributed by atoms with E-state index >= 15 is 0 Å². The van der Waals surface area contributed by atoms with Crippen LogP contribution in [0.2, 0.25) is 0 Å². The highest BCUT2D eigenvalue weighted by Crippen LogP contribution is 2.27. The molecular formula is C32H42N4O2. The van der Waals surface area contributed by atoms with E-state index in [4.69, 9.17) is 5.73 Å². The number of nitrogens with one attached hydrogen (secondary N) is 2. The van der Waals surface area contributed by atoms with E-state index in [1.165, 1.54) is 0 Å². The van der Waals surface area contributed by atoms with Crippen LogP contribution in [0.1, 0.15) is 75.4 Å². The van der Waals surface area contributed by atoms with Crippen LogP contribution in [0.15, 0.2) is 67.0 Å². The number of carbonyl (C=O) groups excluding carboxylic acids is 2. The Morgan fingerprint density at radius 3 is 2.05 bits per heavy atom. The van der Waals surface area contributed by atoms with Gasteiger partial charge >= 0.3 is 0 Å². The number of Topliss-reactive ketones (excluding diaryl/α,β-unsaturated/α-hetero) is 1. The SMILES string of the molecule is CC(=O)[C@H](N)C(c1ccccc1)c1ccccc1.CCCC[C@@H](C(=O)NCC#Cc1nc[nH]c1C)C(C)C. The summed E-state index contributed by atoms with van der Waals surface area (Å²) in [7, 11) is 0. The quantitative estimate of drug-likeness (QED) is 0.316. The van der Waals surface area contributed by atoms with Gasteiger partial charge in [-0.05, 0) is 43.2 Å². The van der Waals surface area contributed by atoms with E-state index in [0.29, 0.717) is 12.5 Å². The maximum atomic E-state index is 12.1. The number of imidazole rings is 1. The average molecular weight is 515 g/mol. The molecule has 38 heavy (non-hydrogen) atoms. The Bertz CT molecular complexity index is 1140. The minimum Gasteiger partial charge on any atom is -0.348 e. The predicted octanol–water partition coefficient (Wildman–Crippen LogP) is 5.38. The number of ketones is 1. The van der Waals surface area contributed by atoms with Crippen LogP contribution in [0, 0.1) is 30.6 Å². The fraction of sp³-hybridized carbons (Fsp3) is 0.406. The van der Waals surface area contributed by atoms with Gasteiger partial charge < -0.3 is 16.0 Å². The summed E-state index contributed by atoms with van der Waals surface area (Å²) in [6.07, 6.45) is 4.78. The average Bonchev–Trinajstić information content (AvgIpc) is 3.32. The molecule has 0 bridgehead atoms. The second-order valence-corrected chi connectivity index (χ2v) is 9.82.